The van der Waals surface area contributed by atoms with E-state index >= 15 is 0 Å². The van der Waals surface area contributed by atoms with Crippen molar-refractivity contribution in [2.24, 2.45) is 0 Å². The van der Waals surface area contributed by atoms with E-state index in [0.717, 1.165) is 12.2 Å². The smallest absolute Gasteiger partial charge is 0.104 e. The van der Waals surface area contributed by atoms with Crippen LogP contribution in [0.4, 0.5) is 0 Å². The van der Waals surface area contributed by atoms with Gasteiger partial charge in [0.05, 0.1) is 6.07 Å². The predicted octanol–water partition coefficient (Wildman–Crippen LogP) is 2.02. The number of nitriles is 1. The Kier molecular flexibility index (Phi) is 5.36. The molecule has 0 aromatic heterocycles. The summed E-state index contributed by atoms with van der Waals surface area (Å²) >= 11 is 1.78. The zero-order valence-electron chi connectivity index (χ0n) is 8.35. The van der Waals surface area contributed by atoms with Gasteiger partial charge in [-0.2, -0.15) is 17.0 Å². The molecule has 0 amide bonds. The van der Waals surface area contributed by atoms with Crippen molar-refractivity contribution in [1.82, 2.24) is 5.32 Å². The molecule has 0 aliphatic heterocycles. The van der Waals surface area contributed by atoms with Gasteiger partial charge in [-0.05, 0) is 39.2 Å². The topological polar surface area (TPSA) is 35.8 Å². The van der Waals surface area contributed by atoms with Crippen LogP contribution in [0.25, 0.3) is 0 Å². The predicted molar refractivity (Wildman–Crippen MR) is 55.3 cm³/mol. The van der Waals surface area contributed by atoms with Gasteiger partial charge in [0, 0.05) is 6.04 Å². The zero-order valence-corrected chi connectivity index (χ0v) is 9.16. The summed E-state index contributed by atoms with van der Waals surface area (Å²) in [4.78, 5) is 0. The first kappa shape index (κ1) is 11.8. The third-order valence-electron chi connectivity index (χ3n) is 1.66. The van der Waals surface area contributed by atoms with E-state index < -0.39 is 0 Å². The maximum Gasteiger partial charge on any atom is 0.104 e. The van der Waals surface area contributed by atoms with Gasteiger partial charge in [-0.3, -0.25) is 5.32 Å². The molecule has 1 unspecified atom stereocenters. The van der Waals surface area contributed by atoms with E-state index in [1.165, 1.54) is 0 Å². The number of thioether (sulfide) groups is 1. The van der Waals surface area contributed by atoms with Crippen molar-refractivity contribution in [2.45, 2.75) is 38.8 Å². The molecule has 0 heterocycles. The molecule has 0 aromatic rings. The van der Waals surface area contributed by atoms with E-state index in [2.05, 4.69) is 31.5 Å². The average molecular weight is 186 g/mol. The van der Waals surface area contributed by atoms with Crippen molar-refractivity contribution in [3.05, 3.63) is 0 Å². The fourth-order valence-corrected chi connectivity index (χ4v) is 1.72. The lowest BCUT2D eigenvalue weighted by atomic mass is 10.0. The van der Waals surface area contributed by atoms with Crippen LogP contribution in [0.1, 0.15) is 27.2 Å². The molecule has 0 radical (unpaired) electrons. The van der Waals surface area contributed by atoms with Gasteiger partial charge in [0.15, 0.2) is 0 Å². The number of nitrogens with zero attached hydrogens (tertiary/aromatic N) is 1. The zero-order chi connectivity index (χ0) is 9.61. The van der Waals surface area contributed by atoms with Gasteiger partial charge >= 0.3 is 0 Å². The quantitative estimate of drug-likeness (QED) is 0.713. The highest BCUT2D eigenvalue weighted by molar-refractivity contribution is 7.98. The summed E-state index contributed by atoms with van der Waals surface area (Å²) in [5.74, 6) is 1.03. The van der Waals surface area contributed by atoms with Crippen LogP contribution < -0.4 is 5.32 Å². The van der Waals surface area contributed by atoms with Crippen LogP contribution in [0.3, 0.4) is 0 Å². The fourth-order valence-electron chi connectivity index (χ4n) is 1.10. The Hall–Kier alpha value is -0.200. The van der Waals surface area contributed by atoms with Gasteiger partial charge in [0.1, 0.15) is 5.54 Å². The minimum Gasteiger partial charge on any atom is -0.297 e. The third-order valence-corrected chi connectivity index (χ3v) is 2.27. The Balaban J connectivity index is 3.98. The third kappa shape index (κ3) is 4.63. The normalized spacial score (nSPS) is 15.7. The van der Waals surface area contributed by atoms with Crippen molar-refractivity contribution in [2.75, 3.05) is 12.0 Å². The molecule has 0 saturated heterocycles. The summed E-state index contributed by atoms with van der Waals surface area (Å²) in [6.07, 6.45) is 2.97. The minimum atomic E-state index is -0.350. The van der Waals surface area contributed by atoms with Crippen LogP contribution in [-0.2, 0) is 0 Å². The maximum atomic E-state index is 8.94. The first-order chi connectivity index (χ1) is 5.54. The molecule has 0 saturated carbocycles. The van der Waals surface area contributed by atoms with E-state index in [9.17, 15) is 0 Å². The lowest BCUT2D eigenvalue weighted by Crippen LogP contribution is -2.45. The summed E-state index contributed by atoms with van der Waals surface area (Å²) in [5, 5.41) is 12.2. The SMILES string of the molecule is CSCCC(C)(C#N)NC(C)C. The van der Waals surface area contributed by atoms with Gasteiger partial charge in [0.2, 0.25) is 0 Å². The maximum absolute atomic E-state index is 8.94. The van der Waals surface area contributed by atoms with Crippen molar-refractivity contribution in [3.63, 3.8) is 0 Å². The summed E-state index contributed by atoms with van der Waals surface area (Å²) < 4.78 is 0. The number of rotatable bonds is 5. The lowest BCUT2D eigenvalue weighted by Gasteiger charge is -2.25. The van der Waals surface area contributed by atoms with Crippen molar-refractivity contribution >= 4 is 11.8 Å². The second kappa shape index (κ2) is 5.45. The number of hydrogen-bond donors (Lipinski definition) is 1. The molecule has 0 fully saturated rings. The summed E-state index contributed by atoms with van der Waals surface area (Å²) in [6, 6.07) is 2.69. The lowest BCUT2D eigenvalue weighted by molar-refractivity contribution is 0.397. The Morgan fingerprint density at radius 2 is 2.17 bits per heavy atom. The molecule has 12 heavy (non-hydrogen) atoms. The van der Waals surface area contributed by atoms with Crippen LogP contribution in [0, 0.1) is 11.3 Å². The van der Waals surface area contributed by atoms with Gasteiger partial charge in [-0.15, -0.1) is 0 Å². The van der Waals surface area contributed by atoms with E-state index in [-0.39, 0.29) is 5.54 Å². The molecule has 1 atom stereocenters. The molecular weight excluding hydrogens is 168 g/mol. The van der Waals surface area contributed by atoms with Crippen LogP contribution in [0.2, 0.25) is 0 Å². The van der Waals surface area contributed by atoms with Crippen LogP contribution in [-0.4, -0.2) is 23.6 Å². The standard InChI is InChI=1S/C9H18N2S/c1-8(2)11-9(3,7-10)5-6-12-4/h8,11H,5-6H2,1-4H3. The largest absolute Gasteiger partial charge is 0.297 e. The Morgan fingerprint density at radius 3 is 2.50 bits per heavy atom. The Bertz CT molecular complexity index is 162. The Morgan fingerprint density at radius 1 is 1.58 bits per heavy atom. The molecule has 3 heteroatoms. The van der Waals surface area contributed by atoms with Gasteiger partial charge in [-0.1, -0.05) is 0 Å². The molecule has 1 N–H and O–H groups in total. The number of nitrogens with one attached hydrogen (secondary N) is 1. The van der Waals surface area contributed by atoms with E-state index in [1.807, 2.05) is 6.92 Å². The molecule has 0 aliphatic carbocycles. The second-order valence-electron chi connectivity index (χ2n) is 3.49. The van der Waals surface area contributed by atoms with Crippen molar-refractivity contribution < 1.29 is 0 Å². The molecular formula is C9H18N2S. The van der Waals surface area contributed by atoms with E-state index in [4.69, 9.17) is 5.26 Å². The van der Waals surface area contributed by atoms with Crippen molar-refractivity contribution in [3.8, 4) is 6.07 Å². The van der Waals surface area contributed by atoms with E-state index in [0.29, 0.717) is 6.04 Å². The summed E-state index contributed by atoms with van der Waals surface area (Å²) in [6.45, 7) is 6.09. The summed E-state index contributed by atoms with van der Waals surface area (Å²) in [7, 11) is 0. The number of hydrogen-bond acceptors (Lipinski definition) is 3. The molecule has 0 aliphatic rings. The van der Waals surface area contributed by atoms with Crippen LogP contribution in [0.15, 0.2) is 0 Å². The average Bonchev–Trinajstić information content (AvgIpc) is 2.00. The molecule has 0 aromatic carbocycles. The highest BCUT2D eigenvalue weighted by Gasteiger charge is 2.23. The molecule has 0 bridgehead atoms. The summed E-state index contributed by atoms with van der Waals surface area (Å²) in [5.41, 5.74) is -0.350. The van der Waals surface area contributed by atoms with Gasteiger partial charge in [0.25, 0.3) is 0 Å². The van der Waals surface area contributed by atoms with Gasteiger partial charge in [-0.25, -0.2) is 0 Å². The van der Waals surface area contributed by atoms with E-state index in [1.54, 1.807) is 11.8 Å². The van der Waals surface area contributed by atoms with Crippen LogP contribution >= 0.6 is 11.8 Å². The fraction of sp³-hybridized carbons (Fsp3) is 0.889. The monoisotopic (exact) mass is 186 g/mol. The van der Waals surface area contributed by atoms with Gasteiger partial charge < -0.3 is 0 Å². The second-order valence-corrected chi connectivity index (χ2v) is 4.47. The van der Waals surface area contributed by atoms with Crippen LogP contribution in [0.5, 0.6) is 0 Å². The molecule has 0 rings (SSSR count). The highest BCUT2D eigenvalue weighted by atomic mass is 32.2. The molecule has 70 valence electrons. The van der Waals surface area contributed by atoms with Crippen molar-refractivity contribution in [1.29, 1.82) is 5.26 Å². The molecule has 0 spiro atoms. The first-order valence-electron chi connectivity index (χ1n) is 4.22. The highest BCUT2D eigenvalue weighted by Crippen LogP contribution is 2.12. The first-order valence-corrected chi connectivity index (χ1v) is 5.61. The molecule has 2 nitrogen and oxygen atoms in total. The minimum absolute atomic E-state index is 0.350. The Labute approximate surface area is 79.7 Å².